The predicted octanol–water partition coefficient (Wildman–Crippen LogP) is 2.87. The smallest absolute Gasteiger partial charge is 0.262 e. The highest BCUT2D eigenvalue weighted by Crippen LogP contribution is 2.57. The number of rotatable bonds is 4. The van der Waals surface area contributed by atoms with Crippen molar-refractivity contribution in [2.75, 3.05) is 0 Å². The molecule has 132 valence electrons. The molecule has 1 aromatic carbocycles. The number of nitriles is 1. The van der Waals surface area contributed by atoms with E-state index in [0.717, 1.165) is 37.8 Å². The second-order valence-corrected chi connectivity index (χ2v) is 8.99. The summed E-state index contributed by atoms with van der Waals surface area (Å²) >= 11 is 0. The summed E-state index contributed by atoms with van der Waals surface area (Å²) in [5, 5.41) is 20.2. The van der Waals surface area contributed by atoms with E-state index in [4.69, 9.17) is 4.18 Å². The minimum absolute atomic E-state index is 0.0333. The lowest BCUT2D eigenvalue weighted by atomic mass is 9.51. The minimum Gasteiger partial charge on any atom is -0.262 e. The molecule has 4 saturated carbocycles. The second-order valence-electron chi connectivity index (χ2n) is 7.41. The SMILES string of the molecule is N#CC1C2CC3CC(C2)C(OS(=O)(=O)c2ccc([N+](=O)[O-])cc2)C1C3. The normalized spacial score (nSPS) is 36.1. The van der Waals surface area contributed by atoms with Gasteiger partial charge in [0.25, 0.3) is 15.8 Å². The summed E-state index contributed by atoms with van der Waals surface area (Å²) in [6.07, 6.45) is 3.29. The lowest BCUT2D eigenvalue weighted by molar-refractivity contribution is -0.384. The first-order chi connectivity index (χ1) is 11.9. The van der Waals surface area contributed by atoms with E-state index >= 15 is 0 Å². The van der Waals surface area contributed by atoms with Gasteiger partial charge in [0.2, 0.25) is 0 Å². The lowest BCUT2D eigenvalue weighted by Crippen LogP contribution is -2.54. The van der Waals surface area contributed by atoms with Gasteiger partial charge in [0.05, 0.1) is 27.9 Å². The van der Waals surface area contributed by atoms with E-state index in [1.165, 1.54) is 12.1 Å². The highest BCUT2D eigenvalue weighted by atomic mass is 32.2. The van der Waals surface area contributed by atoms with E-state index in [-0.39, 0.29) is 28.3 Å². The van der Waals surface area contributed by atoms with Gasteiger partial charge in [-0.15, -0.1) is 0 Å². The number of benzene rings is 1. The molecule has 5 rings (SSSR count). The van der Waals surface area contributed by atoms with Crippen molar-refractivity contribution >= 4 is 15.8 Å². The number of non-ortho nitro benzene ring substituents is 1. The molecule has 0 saturated heterocycles. The van der Waals surface area contributed by atoms with Gasteiger partial charge in [-0.1, -0.05) is 0 Å². The molecule has 7 nitrogen and oxygen atoms in total. The molecule has 0 heterocycles. The van der Waals surface area contributed by atoms with E-state index in [1.54, 1.807) is 0 Å². The van der Waals surface area contributed by atoms with Crippen molar-refractivity contribution in [1.29, 1.82) is 5.26 Å². The van der Waals surface area contributed by atoms with E-state index in [2.05, 4.69) is 6.07 Å². The number of hydrogen-bond acceptors (Lipinski definition) is 6. The van der Waals surface area contributed by atoms with Gasteiger partial charge in [0.15, 0.2) is 0 Å². The largest absolute Gasteiger partial charge is 0.297 e. The van der Waals surface area contributed by atoms with Crippen LogP contribution in [0.3, 0.4) is 0 Å². The van der Waals surface area contributed by atoms with Gasteiger partial charge in [0.1, 0.15) is 0 Å². The predicted molar refractivity (Wildman–Crippen MR) is 86.7 cm³/mol. The van der Waals surface area contributed by atoms with E-state index < -0.39 is 21.1 Å². The Morgan fingerprint density at radius 1 is 1.12 bits per heavy atom. The monoisotopic (exact) mass is 362 g/mol. The molecule has 6 atom stereocenters. The van der Waals surface area contributed by atoms with Crippen molar-refractivity contribution in [2.24, 2.45) is 29.6 Å². The molecule has 25 heavy (non-hydrogen) atoms. The van der Waals surface area contributed by atoms with Crippen LogP contribution in [-0.4, -0.2) is 19.4 Å². The van der Waals surface area contributed by atoms with Crippen molar-refractivity contribution in [3.05, 3.63) is 34.4 Å². The first-order valence-electron chi connectivity index (χ1n) is 8.46. The maximum atomic E-state index is 12.6. The maximum absolute atomic E-state index is 12.6. The Morgan fingerprint density at radius 3 is 2.44 bits per heavy atom. The van der Waals surface area contributed by atoms with Gasteiger partial charge in [-0.2, -0.15) is 13.7 Å². The number of hydrogen-bond donors (Lipinski definition) is 0. The molecule has 8 heteroatoms. The molecular formula is C17H18N2O5S. The van der Waals surface area contributed by atoms with Gasteiger partial charge in [0, 0.05) is 18.1 Å². The first-order valence-corrected chi connectivity index (χ1v) is 9.87. The van der Waals surface area contributed by atoms with Crippen molar-refractivity contribution in [3.63, 3.8) is 0 Å². The van der Waals surface area contributed by atoms with Crippen LogP contribution < -0.4 is 0 Å². The Hall–Kier alpha value is -1.98. The molecule has 0 radical (unpaired) electrons. The molecule has 4 aliphatic rings. The van der Waals surface area contributed by atoms with Gasteiger partial charge in [-0.3, -0.25) is 14.3 Å². The average molecular weight is 362 g/mol. The molecule has 4 fully saturated rings. The summed E-state index contributed by atoms with van der Waals surface area (Å²) in [6, 6.07) is 7.09. The van der Waals surface area contributed by atoms with Crippen LogP contribution in [-0.2, 0) is 14.3 Å². The summed E-state index contributed by atoms with van der Waals surface area (Å²) in [4.78, 5) is 10.0. The fourth-order valence-electron chi connectivity index (χ4n) is 5.14. The third kappa shape index (κ3) is 2.71. The fourth-order valence-corrected chi connectivity index (χ4v) is 6.32. The standard InChI is InChI=1S/C17H18N2O5S/c18-9-16-11-5-10-6-12(8-11)17(15(16)7-10)24-25(22,23)14-3-1-13(2-4-14)19(20)21/h1-4,10-12,15-17H,5-8H2. The summed E-state index contributed by atoms with van der Waals surface area (Å²) in [5.41, 5.74) is -0.168. The Labute approximate surface area is 145 Å². The molecule has 4 aliphatic carbocycles. The molecular weight excluding hydrogens is 344 g/mol. The molecule has 0 aromatic heterocycles. The molecule has 6 unspecified atom stereocenters. The van der Waals surface area contributed by atoms with Crippen molar-refractivity contribution in [2.45, 2.75) is 36.7 Å². The zero-order valence-electron chi connectivity index (χ0n) is 13.4. The minimum atomic E-state index is -4.01. The molecule has 0 spiro atoms. The summed E-state index contributed by atoms with van der Waals surface area (Å²) in [6.45, 7) is 0. The lowest BCUT2D eigenvalue weighted by Gasteiger charge is -2.55. The average Bonchev–Trinajstić information content (AvgIpc) is 2.58. The van der Waals surface area contributed by atoms with E-state index in [1.807, 2.05) is 0 Å². The number of nitro benzene ring substituents is 1. The summed E-state index contributed by atoms with van der Waals surface area (Å²) in [7, 11) is -4.01. The molecule has 1 aromatic rings. The van der Waals surface area contributed by atoms with Crippen LogP contribution >= 0.6 is 0 Å². The molecule has 4 bridgehead atoms. The molecule has 0 N–H and O–H groups in total. The highest BCUT2D eigenvalue weighted by Gasteiger charge is 2.55. The van der Waals surface area contributed by atoms with Gasteiger partial charge >= 0.3 is 0 Å². The quantitative estimate of drug-likeness (QED) is 0.463. The third-order valence-corrected chi connectivity index (χ3v) is 7.39. The van der Waals surface area contributed by atoms with Crippen LogP contribution in [0.15, 0.2) is 29.2 Å². The van der Waals surface area contributed by atoms with Gasteiger partial charge in [-0.25, -0.2) is 0 Å². The molecule has 0 aliphatic heterocycles. The second kappa shape index (κ2) is 5.78. The Morgan fingerprint density at radius 2 is 1.80 bits per heavy atom. The maximum Gasteiger partial charge on any atom is 0.297 e. The highest BCUT2D eigenvalue weighted by molar-refractivity contribution is 7.86. The fraction of sp³-hybridized carbons (Fsp3) is 0.588. The van der Waals surface area contributed by atoms with Crippen LogP contribution in [0, 0.1) is 51.0 Å². The first kappa shape index (κ1) is 16.5. The van der Waals surface area contributed by atoms with Crippen molar-refractivity contribution < 1.29 is 17.5 Å². The van der Waals surface area contributed by atoms with Gasteiger partial charge < -0.3 is 0 Å². The topological polar surface area (TPSA) is 110 Å². The van der Waals surface area contributed by atoms with Crippen LogP contribution in [0.2, 0.25) is 0 Å². The number of nitro groups is 1. The Bertz CT molecular complexity index is 845. The number of nitrogens with zero attached hydrogens (tertiary/aromatic N) is 2. The summed E-state index contributed by atoms with van der Waals surface area (Å²) in [5.74, 6) is 0.966. The Kier molecular flexibility index (Phi) is 3.81. The van der Waals surface area contributed by atoms with E-state index in [0.29, 0.717) is 11.8 Å². The molecule has 0 amide bonds. The van der Waals surface area contributed by atoms with Crippen molar-refractivity contribution in [1.82, 2.24) is 0 Å². The van der Waals surface area contributed by atoms with Gasteiger partial charge in [-0.05, 0) is 55.6 Å². The Balaban J connectivity index is 1.58. The summed E-state index contributed by atoms with van der Waals surface area (Å²) < 4.78 is 30.8. The van der Waals surface area contributed by atoms with Crippen LogP contribution in [0.4, 0.5) is 5.69 Å². The van der Waals surface area contributed by atoms with Crippen LogP contribution in [0.25, 0.3) is 0 Å². The van der Waals surface area contributed by atoms with Crippen LogP contribution in [0.1, 0.15) is 25.7 Å². The zero-order chi connectivity index (χ0) is 17.8. The van der Waals surface area contributed by atoms with Crippen LogP contribution in [0.5, 0.6) is 0 Å². The third-order valence-electron chi connectivity index (χ3n) is 6.06. The van der Waals surface area contributed by atoms with Crippen molar-refractivity contribution in [3.8, 4) is 6.07 Å². The van der Waals surface area contributed by atoms with E-state index in [9.17, 15) is 23.8 Å². The zero-order valence-corrected chi connectivity index (χ0v) is 14.3.